The standard InChI is InChI=1S/C13H12BrF2N3/c1-2-3-10-11(14)12(17)19-13(18-10)7-4-5-8(15)9(16)6-7/h4-6H,2-3H2,1H3,(H2,17,18,19). The van der Waals surface area contributed by atoms with E-state index in [1.807, 2.05) is 6.92 Å². The topological polar surface area (TPSA) is 51.8 Å². The molecule has 0 aliphatic heterocycles. The molecule has 0 unspecified atom stereocenters. The minimum Gasteiger partial charge on any atom is -0.383 e. The zero-order valence-electron chi connectivity index (χ0n) is 10.3. The van der Waals surface area contributed by atoms with Crippen molar-refractivity contribution in [2.45, 2.75) is 19.8 Å². The summed E-state index contributed by atoms with van der Waals surface area (Å²) in [5.74, 6) is -1.25. The van der Waals surface area contributed by atoms with Gasteiger partial charge in [-0.25, -0.2) is 18.7 Å². The first-order chi connectivity index (χ1) is 9.02. The normalized spacial score (nSPS) is 10.7. The van der Waals surface area contributed by atoms with Gasteiger partial charge in [-0.3, -0.25) is 0 Å². The molecule has 1 aromatic carbocycles. The molecule has 0 atom stereocenters. The number of anilines is 1. The summed E-state index contributed by atoms with van der Waals surface area (Å²) in [6.07, 6.45) is 1.62. The maximum absolute atomic E-state index is 13.2. The van der Waals surface area contributed by atoms with Crippen LogP contribution in [0.3, 0.4) is 0 Å². The Hall–Kier alpha value is -1.56. The van der Waals surface area contributed by atoms with Crippen molar-refractivity contribution in [2.75, 3.05) is 5.73 Å². The van der Waals surface area contributed by atoms with E-state index in [9.17, 15) is 8.78 Å². The molecule has 1 aromatic heterocycles. The molecular weight excluding hydrogens is 316 g/mol. The zero-order chi connectivity index (χ0) is 14.0. The summed E-state index contributed by atoms with van der Waals surface area (Å²) in [6.45, 7) is 2.02. The van der Waals surface area contributed by atoms with Gasteiger partial charge in [0.25, 0.3) is 0 Å². The molecule has 0 aliphatic rings. The molecule has 2 aromatic rings. The molecular formula is C13H12BrF2N3. The van der Waals surface area contributed by atoms with E-state index in [-0.39, 0.29) is 5.82 Å². The van der Waals surface area contributed by atoms with Crippen molar-refractivity contribution in [1.82, 2.24) is 9.97 Å². The van der Waals surface area contributed by atoms with Gasteiger partial charge in [0.05, 0.1) is 10.2 Å². The van der Waals surface area contributed by atoms with Gasteiger partial charge < -0.3 is 5.73 Å². The van der Waals surface area contributed by atoms with Crippen molar-refractivity contribution < 1.29 is 8.78 Å². The lowest BCUT2D eigenvalue weighted by Gasteiger charge is -2.08. The summed E-state index contributed by atoms with van der Waals surface area (Å²) in [5, 5.41) is 0. The number of hydrogen-bond acceptors (Lipinski definition) is 3. The number of benzene rings is 1. The smallest absolute Gasteiger partial charge is 0.161 e. The second-order valence-corrected chi connectivity index (χ2v) is 4.87. The molecule has 0 radical (unpaired) electrons. The molecule has 0 spiro atoms. The number of nitrogens with two attached hydrogens (primary N) is 1. The molecule has 2 N–H and O–H groups in total. The van der Waals surface area contributed by atoms with Crippen LogP contribution in [0.2, 0.25) is 0 Å². The first-order valence-corrected chi connectivity index (χ1v) is 6.59. The second kappa shape index (κ2) is 5.61. The number of rotatable bonds is 3. The highest BCUT2D eigenvalue weighted by molar-refractivity contribution is 9.10. The molecule has 0 fully saturated rings. The Balaban J connectivity index is 2.52. The molecule has 19 heavy (non-hydrogen) atoms. The maximum atomic E-state index is 13.2. The largest absolute Gasteiger partial charge is 0.383 e. The highest BCUT2D eigenvalue weighted by Gasteiger charge is 2.12. The number of nitrogens with zero attached hydrogens (tertiary/aromatic N) is 2. The molecule has 0 saturated carbocycles. The van der Waals surface area contributed by atoms with E-state index < -0.39 is 11.6 Å². The number of aryl methyl sites for hydroxylation is 1. The molecule has 2 rings (SSSR count). The number of halogens is 3. The first kappa shape index (κ1) is 13.9. The van der Waals surface area contributed by atoms with Gasteiger partial charge in [-0.2, -0.15) is 0 Å². The number of aromatic nitrogens is 2. The van der Waals surface area contributed by atoms with Gasteiger partial charge >= 0.3 is 0 Å². The quantitative estimate of drug-likeness (QED) is 0.934. The van der Waals surface area contributed by atoms with E-state index in [1.165, 1.54) is 6.07 Å². The van der Waals surface area contributed by atoms with Crippen molar-refractivity contribution in [1.29, 1.82) is 0 Å². The lowest BCUT2D eigenvalue weighted by molar-refractivity contribution is 0.509. The Kier molecular flexibility index (Phi) is 4.09. The van der Waals surface area contributed by atoms with Crippen LogP contribution in [0.5, 0.6) is 0 Å². The molecule has 6 heteroatoms. The van der Waals surface area contributed by atoms with Crippen LogP contribution in [0.25, 0.3) is 11.4 Å². The van der Waals surface area contributed by atoms with Crippen LogP contribution in [-0.2, 0) is 6.42 Å². The predicted octanol–water partition coefficient (Wildman–Crippen LogP) is 3.72. The average Bonchev–Trinajstić information content (AvgIpc) is 2.38. The Morgan fingerprint density at radius 3 is 2.58 bits per heavy atom. The fraction of sp³-hybridized carbons (Fsp3) is 0.231. The minimum absolute atomic E-state index is 0.290. The highest BCUT2D eigenvalue weighted by Crippen LogP contribution is 2.26. The Morgan fingerprint density at radius 1 is 1.21 bits per heavy atom. The third-order valence-corrected chi connectivity index (χ3v) is 3.47. The molecule has 1 heterocycles. The number of hydrogen-bond donors (Lipinski definition) is 1. The zero-order valence-corrected chi connectivity index (χ0v) is 11.8. The molecule has 3 nitrogen and oxygen atoms in total. The summed E-state index contributed by atoms with van der Waals surface area (Å²) >= 11 is 3.33. The van der Waals surface area contributed by atoms with Crippen LogP contribution < -0.4 is 5.73 Å². The summed E-state index contributed by atoms with van der Waals surface area (Å²) in [7, 11) is 0. The van der Waals surface area contributed by atoms with Crippen LogP contribution in [-0.4, -0.2) is 9.97 Å². The Labute approximate surface area is 118 Å². The summed E-state index contributed by atoms with van der Waals surface area (Å²) in [5.41, 5.74) is 6.95. The van der Waals surface area contributed by atoms with Gasteiger partial charge in [0.15, 0.2) is 17.5 Å². The van der Waals surface area contributed by atoms with Crippen LogP contribution in [0.4, 0.5) is 14.6 Å². The third-order valence-electron chi connectivity index (χ3n) is 2.61. The van der Waals surface area contributed by atoms with Gasteiger partial charge in [0.1, 0.15) is 5.82 Å². The van der Waals surface area contributed by atoms with E-state index in [0.717, 1.165) is 30.7 Å². The van der Waals surface area contributed by atoms with Crippen molar-refractivity contribution >= 4 is 21.7 Å². The fourth-order valence-electron chi connectivity index (χ4n) is 1.68. The van der Waals surface area contributed by atoms with Crippen molar-refractivity contribution in [2.24, 2.45) is 0 Å². The van der Waals surface area contributed by atoms with Gasteiger partial charge in [0.2, 0.25) is 0 Å². The Bertz CT molecular complexity index is 617. The monoisotopic (exact) mass is 327 g/mol. The lowest BCUT2D eigenvalue weighted by atomic mass is 10.2. The maximum Gasteiger partial charge on any atom is 0.161 e. The summed E-state index contributed by atoms with van der Waals surface area (Å²) in [6, 6.07) is 3.54. The second-order valence-electron chi connectivity index (χ2n) is 4.07. The van der Waals surface area contributed by atoms with Crippen molar-refractivity contribution in [3.8, 4) is 11.4 Å². The van der Waals surface area contributed by atoms with E-state index in [1.54, 1.807) is 0 Å². The molecule has 0 saturated heterocycles. The third kappa shape index (κ3) is 2.89. The molecule has 0 aliphatic carbocycles. The van der Waals surface area contributed by atoms with Crippen LogP contribution in [0, 0.1) is 11.6 Å². The average molecular weight is 328 g/mol. The van der Waals surface area contributed by atoms with E-state index >= 15 is 0 Å². The van der Waals surface area contributed by atoms with E-state index in [4.69, 9.17) is 5.73 Å². The van der Waals surface area contributed by atoms with Gasteiger partial charge in [-0.15, -0.1) is 0 Å². The lowest BCUT2D eigenvalue weighted by Crippen LogP contribution is -2.03. The van der Waals surface area contributed by atoms with Gasteiger partial charge in [-0.05, 0) is 40.5 Å². The van der Waals surface area contributed by atoms with Crippen LogP contribution in [0.1, 0.15) is 19.0 Å². The highest BCUT2D eigenvalue weighted by atomic mass is 79.9. The molecule has 0 amide bonds. The first-order valence-electron chi connectivity index (χ1n) is 5.80. The van der Waals surface area contributed by atoms with Crippen molar-refractivity contribution in [3.05, 3.63) is 40.0 Å². The fourth-order valence-corrected chi connectivity index (χ4v) is 2.06. The van der Waals surface area contributed by atoms with Gasteiger partial charge in [0, 0.05) is 5.56 Å². The molecule has 100 valence electrons. The van der Waals surface area contributed by atoms with Crippen LogP contribution >= 0.6 is 15.9 Å². The molecule has 0 bridgehead atoms. The van der Waals surface area contributed by atoms with Crippen LogP contribution in [0.15, 0.2) is 22.7 Å². The summed E-state index contributed by atoms with van der Waals surface area (Å²) in [4.78, 5) is 8.42. The van der Waals surface area contributed by atoms with E-state index in [0.29, 0.717) is 15.9 Å². The SMILES string of the molecule is CCCc1nc(-c2ccc(F)c(F)c2)nc(N)c1Br. The summed E-state index contributed by atoms with van der Waals surface area (Å²) < 4.78 is 26.8. The van der Waals surface area contributed by atoms with E-state index in [2.05, 4.69) is 25.9 Å². The predicted molar refractivity (Wildman–Crippen MR) is 73.5 cm³/mol. The van der Waals surface area contributed by atoms with Gasteiger partial charge in [-0.1, -0.05) is 13.3 Å². The van der Waals surface area contributed by atoms with Crippen molar-refractivity contribution in [3.63, 3.8) is 0 Å². The number of nitrogen functional groups attached to an aromatic ring is 1. The minimum atomic E-state index is -0.931. The Morgan fingerprint density at radius 2 is 1.95 bits per heavy atom.